The molecule has 13 nitrogen and oxygen atoms in total. The zero-order valence-corrected chi connectivity index (χ0v) is 33.1. The first-order chi connectivity index (χ1) is 25.9. The summed E-state index contributed by atoms with van der Waals surface area (Å²) >= 11 is 3.86. The second-order valence-corrected chi connectivity index (χ2v) is 16.9. The number of nitrogens with one attached hydrogen (secondary N) is 2. The lowest BCUT2D eigenvalue weighted by Crippen LogP contribution is -2.43. The molecular weight excluding hydrogens is 772 g/mol. The van der Waals surface area contributed by atoms with Crippen LogP contribution < -0.4 is 15.4 Å². The van der Waals surface area contributed by atoms with Gasteiger partial charge in [0.05, 0.1) is 46.4 Å². The highest BCUT2D eigenvalue weighted by Gasteiger charge is 2.36. The fraction of sp³-hybridized carbons (Fsp3) is 0.410. The summed E-state index contributed by atoms with van der Waals surface area (Å²) in [5.41, 5.74) is 3.40. The third kappa shape index (κ3) is 9.01. The van der Waals surface area contributed by atoms with Crippen molar-refractivity contribution in [3.63, 3.8) is 0 Å². The molecule has 1 saturated heterocycles. The monoisotopic (exact) mass is 816 g/mol. The van der Waals surface area contributed by atoms with Crippen LogP contribution in [-0.2, 0) is 28.1 Å². The fourth-order valence-electron chi connectivity index (χ4n) is 6.67. The minimum atomic E-state index is -3.98. The molecule has 0 spiro atoms. The van der Waals surface area contributed by atoms with Crippen molar-refractivity contribution in [2.75, 3.05) is 37.3 Å². The number of hydrogen-bond donors (Lipinski definition) is 3. The molecule has 3 aromatic heterocycles. The molecule has 0 aliphatic carbocycles. The number of anilines is 1. The maximum absolute atomic E-state index is 13.2. The number of carbonyl (C=O) groups is 1. The van der Waals surface area contributed by atoms with Crippen LogP contribution in [0.25, 0.3) is 21.6 Å². The van der Waals surface area contributed by atoms with Gasteiger partial charge in [-0.15, -0.1) is 0 Å². The van der Waals surface area contributed by atoms with Gasteiger partial charge in [-0.1, -0.05) is 18.2 Å². The van der Waals surface area contributed by atoms with Gasteiger partial charge in [0.25, 0.3) is 0 Å². The van der Waals surface area contributed by atoms with Crippen molar-refractivity contribution < 1.29 is 23.1 Å². The minimum Gasteiger partial charge on any atom is -0.494 e. The zero-order chi connectivity index (χ0) is 38.5. The van der Waals surface area contributed by atoms with E-state index < -0.39 is 27.0 Å². The van der Waals surface area contributed by atoms with Crippen LogP contribution in [0.5, 0.6) is 5.75 Å². The van der Waals surface area contributed by atoms with Crippen LogP contribution in [0.15, 0.2) is 70.4 Å². The molecule has 2 atom stereocenters. The number of aromatic nitrogens is 5. The van der Waals surface area contributed by atoms with Crippen LogP contribution in [0, 0.1) is 13.5 Å². The Kier molecular flexibility index (Phi) is 12.2. The fourth-order valence-corrected chi connectivity index (χ4v) is 9.01. The summed E-state index contributed by atoms with van der Waals surface area (Å²) in [4.78, 5) is 21.5. The standard InChI is InChI=1S/C39H45BrN8O5S/c1-26-19-27(10-15-33(26)41-3)20-34(49)39(2,50)25-54(51,52)31-13-11-30(12-14-31)53-18-7-5-6-17-43-38-35(40)36(28-9-8-16-42-21-28)46-37-32(23-45-48(37)38)29-22-44-47(4)24-29/h10-15,19,22-24,28,42-43,50H,5-9,16-18,20-21,25H2,1-2,4H3/t28-,39+/m1/s1. The van der Waals surface area contributed by atoms with Crippen LogP contribution in [0.2, 0.25) is 0 Å². The molecule has 284 valence electrons. The maximum Gasteiger partial charge on any atom is 0.190 e. The van der Waals surface area contributed by atoms with Gasteiger partial charge in [-0.25, -0.2) is 18.2 Å². The Morgan fingerprint density at radius 3 is 2.65 bits per heavy atom. The van der Waals surface area contributed by atoms with Crippen LogP contribution in [0.3, 0.4) is 0 Å². The molecule has 15 heteroatoms. The predicted molar refractivity (Wildman–Crippen MR) is 211 cm³/mol. The van der Waals surface area contributed by atoms with E-state index in [0.717, 1.165) is 84.5 Å². The van der Waals surface area contributed by atoms with Crippen LogP contribution >= 0.6 is 15.9 Å². The number of rotatable bonds is 16. The summed E-state index contributed by atoms with van der Waals surface area (Å²) in [7, 11) is -2.09. The molecule has 0 amide bonds. The lowest BCUT2D eigenvalue weighted by molar-refractivity contribution is -0.133. The van der Waals surface area contributed by atoms with Crippen molar-refractivity contribution in [3.05, 3.63) is 93.8 Å². The second kappa shape index (κ2) is 16.8. The van der Waals surface area contributed by atoms with Crippen molar-refractivity contribution in [1.82, 2.24) is 29.7 Å². The van der Waals surface area contributed by atoms with Gasteiger partial charge >= 0.3 is 0 Å². The number of benzene rings is 2. The summed E-state index contributed by atoms with van der Waals surface area (Å²) < 4.78 is 36.8. The first kappa shape index (κ1) is 39.1. The molecule has 0 radical (unpaired) electrons. The van der Waals surface area contributed by atoms with Crippen molar-refractivity contribution in [3.8, 4) is 16.9 Å². The zero-order valence-electron chi connectivity index (χ0n) is 30.7. The van der Waals surface area contributed by atoms with E-state index in [4.69, 9.17) is 21.4 Å². The number of nitrogens with zero attached hydrogens (tertiary/aromatic N) is 6. The Morgan fingerprint density at radius 2 is 1.96 bits per heavy atom. The quantitative estimate of drug-likeness (QED) is 0.0773. The highest BCUT2D eigenvalue weighted by atomic mass is 79.9. The molecule has 4 heterocycles. The predicted octanol–water partition coefficient (Wildman–Crippen LogP) is 6.22. The van der Waals surface area contributed by atoms with Gasteiger partial charge in [-0.05, 0) is 104 Å². The molecule has 2 aromatic carbocycles. The highest BCUT2D eigenvalue weighted by molar-refractivity contribution is 9.10. The van der Waals surface area contributed by atoms with Gasteiger partial charge in [0.1, 0.15) is 17.2 Å². The number of piperidine rings is 1. The van der Waals surface area contributed by atoms with Crippen molar-refractivity contribution in [1.29, 1.82) is 0 Å². The van der Waals surface area contributed by atoms with E-state index in [1.165, 1.54) is 19.1 Å². The van der Waals surface area contributed by atoms with Gasteiger partial charge < -0.3 is 20.5 Å². The summed E-state index contributed by atoms with van der Waals surface area (Å²) in [5, 5.41) is 27.0. The number of Topliss-reactive ketones (excluding diaryl/α,β-unsaturated/α-hetero) is 1. The van der Waals surface area contributed by atoms with Crippen molar-refractivity contribution >= 4 is 48.7 Å². The largest absolute Gasteiger partial charge is 0.494 e. The molecule has 1 aliphatic rings. The molecule has 0 unspecified atom stereocenters. The summed E-state index contributed by atoms with van der Waals surface area (Å²) in [6.07, 6.45) is 10.2. The molecule has 3 N–H and O–H groups in total. The van der Waals surface area contributed by atoms with E-state index >= 15 is 0 Å². The summed E-state index contributed by atoms with van der Waals surface area (Å²) in [6, 6.07) is 11.0. The Hall–Kier alpha value is -4.62. The van der Waals surface area contributed by atoms with Gasteiger partial charge in [0.15, 0.2) is 27.0 Å². The molecule has 54 heavy (non-hydrogen) atoms. The molecule has 1 aliphatic heterocycles. The Bertz CT molecular complexity index is 2270. The highest BCUT2D eigenvalue weighted by Crippen LogP contribution is 2.36. The Balaban J connectivity index is 0.997. The number of unbranched alkanes of at least 4 members (excludes halogenated alkanes) is 2. The minimum absolute atomic E-state index is 0.00437. The SMILES string of the molecule is [C-]#[N+]c1ccc(CC(=O)[C@@](C)(O)CS(=O)(=O)c2ccc(OCCCCCNc3c(Br)c([C@@H]4CCCNC4)nc4c(-c5cnn(C)c5)cnn34)cc2)cc1C. The summed E-state index contributed by atoms with van der Waals surface area (Å²) in [5.74, 6) is 0.325. The Labute approximate surface area is 324 Å². The number of carbonyl (C=O) groups excluding carboxylic acids is 1. The second-order valence-electron chi connectivity index (χ2n) is 14.1. The molecule has 6 rings (SSSR count). The van der Waals surface area contributed by atoms with Crippen LogP contribution in [0.4, 0.5) is 11.5 Å². The van der Waals surface area contributed by atoms with E-state index in [2.05, 4.69) is 36.5 Å². The molecular formula is C39H45BrN8O5S. The smallest absolute Gasteiger partial charge is 0.190 e. The van der Waals surface area contributed by atoms with Gasteiger partial charge in [0.2, 0.25) is 0 Å². The van der Waals surface area contributed by atoms with Gasteiger partial charge in [-0.2, -0.15) is 14.7 Å². The lowest BCUT2D eigenvalue weighted by Gasteiger charge is -2.24. The number of sulfone groups is 1. The number of halogens is 1. The number of hydrogen-bond acceptors (Lipinski definition) is 10. The average molecular weight is 818 g/mol. The van der Waals surface area contributed by atoms with E-state index in [0.29, 0.717) is 29.2 Å². The summed E-state index contributed by atoms with van der Waals surface area (Å²) in [6.45, 7) is 13.2. The third-order valence-corrected chi connectivity index (χ3v) is 12.4. The van der Waals surface area contributed by atoms with Crippen molar-refractivity contribution in [2.24, 2.45) is 7.05 Å². The van der Waals surface area contributed by atoms with Crippen molar-refractivity contribution in [2.45, 2.75) is 68.8 Å². The lowest BCUT2D eigenvalue weighted by atomic mass is 9.96. The normalized spacial score (nSPS) is 15.8. The van der Waals surface area contributed by atoms with E-state index in [1.807, 2.05) is 30.2 Å². The molecule has 1 fully saturated rings. The molecule has 0 bridgehead atoms. The van der Waals surface area contributed by atoms with Crippen LogP contribution in [0.1, 0.15) is 61.8 Å². The van der Waals surface area contributed by atoms with Gasteiger partial charge in [0, 0.05) is 49.8 Å². The van der Waals surface area contributed by atoms with E-state index in [-0.39, 0.29) is 17.2 Å². The number of fused-ring (bicyclic) bond motifs is 1. The van der Waals surface area contributed by atoms with E-state index in [9.17, 15) is 18.3 Å². The Morgan fingerprint density at radius 1 is 1.17 bits per heavy atom. The van der Waals surface area contributed by atoms with Crippen LogP contribution in [-0.4, -0.2) is 81.3 Å². The number of aliphatic hydroxyl groups is 1. The molecule has 0 saturated carbocycles. The van der Waals surface area contributed by atoms with Gasteiger partial charge in [-0.3, -0.25) is 9.48 Å². The first-order valence-electron chi connectivity index (χ1n) is 18.1. The topological polar surface area (TPSA) is 157 Å². The number of ketones is 1. The maximum atomic E-state index is 13.2. The molecule has 5 aromatic rings. The van der Waals surface area contributed by atoms with E-state index in [1.54, 1.807) is 41.9 Å². The number of aryl methyl sites for hydroxylation is 2. The average Bonchev–Trinajstić information content (AvgIpc) is 3.77. The third-order valence-electron chi connectivity index (χ3n) is 9.70. The first-order valence-corrected chi connectivity index (χ1v) is 20.5. The number of ether oxygens (including phenoxy) is 1.